The van der Waals surface area contributed by atoms with Gasteiger partial charge in [0.15, 0.2) is 6.29 Å². The summed E-state index contributed by atoms with van der Waals surface area (Å²) in [6, 6.07) is 0. The fourth-order valence-electron chi connectivity index (χ4n) is 4.35. The Morgan fingerprint density at radius 3 is 2.31 bits per heavy atom. The molecule has 3 fully saturated rings. The van der Waals surface area contributed by atoms with Gasteiger partial charge in [-0.3, -0.25) is 0 Å². The van der Waals surface area contributed by atoms with E-state index in [1.54, 1.807) is 0 Å². The molecule has 2 bridgehead atoms. The van der Waals surface area contributed by atoms with Crippen molar-refractivity contribution in [3.8, 4) is 0 Å². The van der Waals surface area contributed by atoms with Crippen molar-refractivity contribution >= 4 is 0 Å². The van der Waals surface area contributed by atoms with Crippen LogP contribution in [-0.4, -0.2) is 19.5 Å². The molecule has 1 saturated heterocycles. The summed E-state index contributed by atoms with van der Waals surface area (Å²) < 4.78 is 11.0. The maximum atomic E-state index is 5.52. The van der Waals surface area contributed by atoms with Crippen LogP contribution in [-0.2, 0) is 9.47 Å². The van der Waals surface area contributed by atoms with E-state index >= 15 is 0 Å². The van der Waals surface area contributed by atoms with Crippen molar-refractivity contribution in [2.45, 2.75) is 45.8 Å². The van der Waals surface area contributed by atoms with Gasteiger partial charge >= 0.3 is 0 Å². The van der Waals surface area contributed by atoms with Gasteiger partial charge in [-0.15, -0.1) is 0 Å². The average molecular weight is 224 g/mol. The summed E-state index contributed by atoms with van der Waals surface area (Å²) in [4.78, 5) is 0. The van der Waals surface area contributed by atoms with Crippen LogP contribution in [0.1, 0.15) is 39.5 Å². The summed E-state index contributed by atoms with van der Waals surface area (Å²) in [5.41, 5.74) is 0. The first kappa shape index (κ1) is 11.0. The zero-order valence-corrected chi connectivity index (χ0v) is 10.5. The Morgan fingerprint density at radius 2 is 1.69 bits per heavy atom. The maximum absolute atomic E-state index is 5.52. The van der Waals surface area contributed by atoms with Gasteiger partial charge in [0.1, 0.15) is 0 Å². The van der Waals surface area contributed by atoms with Gasteiger partial charge in [0, 0.05) is 0 Å². The molecule has 2 heteroatoms. The number of hydrogen-bond donors (Lipinski definition) is 0. The van der Waals surface area contributed by atoms with E-state index in [-0.39, 0.29) is 6.29 Å². The van der Waals surface area contributed by atoms with Crippen LogP contribution in [0.3, 0.4) is 0 Å². The second kappa shape index (κ2) is 4.30. The summed E-state index contributed by atoms with van der Waals surface area (Å²) in [7, 11) is 0. The summed E-state index contributed by atoms with van der Waals surface area (Å²) in [6.07, 6.45) is 5.53. The smallest absolute Gasteiger partial charge is 0.157 e. The summed E-state index contributed by atoms with van der Waals surface area (Å²) in [5.74, 6) is 4.91. The molecule has 3 rings (SSSR count). The molecule has 1 aliphatic heterocycles. The second-order valence-corrected chi connectivity index (χ2v) is 6.12. The summed E-state index contributed by atoms with van der Waals surface area (Å²) in [6.45, 7) is 6.52. The van der Waals surface area contributed by atoms with Crippen LogP contribution >= 0.6 is 0 Å². The minimum atomic E-state index is 0.117. The topological polar surface area (TPSA) is 18.5 Å². The Morgan fingerprint density at radius 1 is 0.938 bits per heavy atom. The van der Waals surface area contributed by atoms with Crippen LogP contribution in [0.2, 0.25) is 0 Å². The predicted octanol–water partition coefficient (Wildman–Crippen LogP) is 3.07. The van der Waals surface area contributed by atoms with Gasteiger partial charge < -0.3 is 9.47 Å². The van der Waals surface area contributed by atoms with E-state index in [1.165, 1.54) is 19.3 Å². The van der Waals surface area contributed by atoms with Crippen molar-refractivity contribution in [2.75, 3.05) is 13.2 Å². The zero-order valence-electron chi connectivity index (χ0n) is 10.5. The third-order valence-electron chi connectivity index (χ3n) is 5.50. The number of hydrogen-bond acceptors (Lipinski definition) is 2. The molecule has 0 aromatic carbocycles. The SMILES string of the molecule is CC1C2CC(CCC3OCCO3)C(C2)C1C. The minimum absolute atomic E-state index is 0.117. The van der Waals surface area contributed by atoms with Crippen LogP contribution in [0.4, 0.5) is 0 Å². The Bertz CT molecular complexity index is 245. The van der Waals surface area contributed by atoms with Crippen molar-refractivity contribution in [1.29, 1.82) is 0 Å². The van der Waals surface area contributed by atoms with Crippen molar-refractivity contribution < 1.29 is 9.47 Å². The van der Waals surface area contributed by atoms with Gasteiger partial charge in [-0.2, -0.15) is 0 Å². The molecule has 2 nitrogen and oxygen atoms in total. The van der Waals surface area contributed by atoms with E-state index in [1.807, 2.05) is 0 Å². The van der Waals surface area contributed by atoms with Crippen LogP contribution in [0.15, 0.2) is 0 Å². The lowest BCUT2D eigenvalue weighted by atomic mass is 9.74. The molecule has 16 heavy (non-hydrogen) atoms. The molecule has 2 saturated carbocycles. The van der Waals surface area contributed by atoms with Gasteiger partial charge in [0.25, 0.3) is 0 Å². The molecule has 1 heterocycles. The van der Waals surface area contributed by atoms with E-state index < -0.39 is 0 Å². The van der Waals surface area contributed by atoms with Crippen molar-refractivity contribution in [1.82, 2.24) is 0 Å². The van der Waals surface area contributed by atoms with Crippen molar-refractivity contribution in [2.24, 2.45) is 29.6 Å². The zero-order chi connectivity index (χ0) is 11.1. The van der Waals surface area contributed by atoms with E-state index in [0.717, 1.165) is 49.2 Å². The lowest BCUT2D eigenvalue weighted by molar-refractivity contribution is -0.0523. The average Bonchev–Trinajstić information content (AvgIpc) is 2.96. The fourth-order valence-corrected chi connectivity index (χ4v) is 4.35. The first-order valence-electron chi connectivity index (χ1n) is 6.99. The van der Waals surface area contributed by atoms with Gasteiger partial charge in [-0.05, 0) is 55.3 Å². The van der Waals surface area contributed by atoms with Crippen molar-refractivity contribution in [3.63, 3.8) is 0 Å². The highest BCUT2D eigenvalue weighted by molar-refractivity contribution is 4.97. The van der Waals surface area contributed by atoms with Crippen LogP contribution in [0.25, 0.3) is 0 Å². The quantitative estimate of drug-likeness (QED) is 0.733. The minimum Gasteiger partial charge on any atom is -0.350 e. The third-order valence-corrected chi connectivity index (χ3v) is 5.50. The van der Waals surface area contributed by atoms with E-state index in [2.05, 4.69) is 13.8 Å². The number of rotatable bonds is 3. The molecule has 5 unspecified atom stereocenters. The molecule has 0 aromatic rings. The molecular formula is C14H24O2. The largest absolute Gasteiger partial charge is 0.350 e. The predicted molar refractivity (Wildman–Crippen MR) is 63.0 cm³/mol. The first-order chi connectivity index (χ1) is 7.75. The molecule has 0 N–H and O–H groups in total. The van der Waals surface area contributed by atoms with E-state index in [9.17, 15) is 0 Å². The molecule has 0 spiro atoms. The van der Waals surface area contributed by atoms with Crippen LogP contribution < -0.4 is 0 Å². The molecule has 2 aliphatic carbocycles. The van der Waals surface area contributed by atoms with Crippen molar-refractivity contribution in [3.05, 3.63) is 0 Å². The van der Waals surface area contributed by atoms with Gasteiger partial charge in [-0.1, -0.05) is 13.8 Å². The Balaban J connectivity index is 1.50. The first-order valence-corrected chi connectivity index (χ1v) is 6.99. The molecule has 5 atom stereocenters. The number of ether oxygens (including phenoxy) is 2. The van der Waals surface area contributed by atoms with Gasteiger partial charge in [0.05, 0.1) is 13.2 Å². The third kappa shape index (κ3) is 1.80. The normalized spacial score (nSPS) is 48.0. The molecule has 3 aliphatic rings. The molecule has 0 aromatic heterocycles. The van der Waals surface area contributed by atoms with Gasteiger partial charge in [0.2, 0.25) is 0 Å². The maximum Gasteiger partial charge on any atom is 0.157 e. The highest BCUT2D eigenvalue weighted by Crippen LogP contribution is 2.56. The van der Waals surface area contributed by atoms with E-state index in [4.69, 9.17) is 9.47 Å². The Labute approximate surface area is 98.7 Å². The molecule has 0 radical (unpaired) electrons. The summed E-state index contributed by atoms with van der Waals surface area (Å²) in [5, 5.41) is 0. The van der Waals surface area contributed by atoms with Gasteiger partial charge in [-0.25, -0.2) is 0 Å². The van der Waals surface area contributed by atoms with Crippen LogP contribution in [0, 0.1) is 29.6 Å². The highest BCUT2D eigenvalue weighted by atomic mass is 16.7. The molecule has 92 valence electrons. The fraction of sp³-hybridized carbons (Fsp3) is 1.00. The Hall–Kier alpha value is -0.0800. The van der Waals surface area contributed by atoms with E-state index in [0.29, 0.717) is 0 Å². The monoisotopic (exact) mass is 224 g/mol. The lowest BCUT2D eigenvalue weighted by Crippen LogP contribution is -2.25. The molecule has 0 amide bonds. The summed E-state index contributed by atoms with van der Waals surface area (Å²) >= 11 is 0. The lowest BCUT2D eigenvalue weighted by Gasteiger charge is -2.32. The van der Waals surface area contributed by atoms with Crippen LogP contribution in [0.5, 0.6) is 0 Å². The molecular weight excluding hydrogens is 200 g/mol. The number of fused-ring (bicyclic) bond motifs is 2. The Kier molecular flexibility index (Phi) is 2.97. The second-order valence-electron chi connectivity index (χ2n) is 6.12. The highest BCUT2D eigenvalue weighted by Gasteiger charge is 2.48. The standard InChI is InChI=1S/C14H24O2/c1-9-10(2)13-8-12(9)7-11(13)3-4-14-15-5-6-16-14/h9-14H,3-8H2,1-2H3.